The minimum absolute atomic E-state index is 0. The lowest BCUT2D eigenvalue weighted by Crippen LogP contribution is -2.37. The maximum atomic E-state index is 13.6. The first-order valence-electron chi connectivity index (χ1n) is 5.82. The van der Waals surface area contributed by atoms with Crippen LogP contribution in [-0.2, 0) is 6.42 Å². The number of hydrogen-bond acceptors (Lipinski definition) is 2. The van der Waals surface area contributed by atoms with Crippen molar-refractivity contribution >= 4 is 12.4 Å². The van der Waals surface area contributed by atoms with Crippen molar-refractivity contribution in [2.45, 2.75) is 19.3 Å². The van der Waals surface area contributed by atoms with Crippen molar-refractivity contribution in [3.05, 3.63) is 35.1 Å². The highest BCUT2D eigenvalue weighted by Crippen LogP contribution is 2.33. The van der Waals surface area contributed by atoms with Crippen LogP contribution in [0.3, 0.4) is 0 Å². The summed E-state index contributed by atoms with van der Waals surface area (Å²) in [6.07, 6.45) is 1.07. The van der Waals surface area contributed by atoms with Gasteiger partial charge in [0.15, 0.2) is 0 Å². The molecule has 1 aromatic rings. The van der Waals surface area contributed by atoms with Gasteiger partial charge in [-0.15, -0.1) is 12.4 Å². The molecule has 6 heteroatoms. The molecular weight excluding hydrogens is 277 g/mol. The van der Waals surface area contributed by atoms with Crippen molar-refractivity contribution in [3.8, 4) is 6.07 Å². The molecule has 1 N–H and O–H groups in total. The maximum Gasteiger partial charge on any atom is 0.132 e. The molecule has 2 rings (SSSR count). The van der Waals surface area contributed by atoms with Crippen LogP contribution < -0.4 is 5.32 Å². The SMILES string of the molecule is Cl.N#CC1(Cc2c(F)cc(F)cc2F)CCNCC1. The molecule has 1 aliphatic rings. The molecule has 0 spiro atoms. The molecule has 1 heterocycles. The lowest BCUT2D eigenvalue weighted by atomic mass is 9.75. The van der Waals surface area contributed by atoms with Gasteiger partial charge in [0.2, 0.25) is 0 Å². The molecule has 0 atom stereocenters. The third-order valence-electron chi connectivity index (χ3n) is 3.42. The first-order valence-corrected chi connectivity index (χ1v) is 5.82. The van der Waals surface area contributed by atoms with E-state index in [0.29, 0.717) is 38.1 Å². The monoisotopic (exact) mass is 290 g/mol. The average molecular weight is 291 g/mol. The van der Waals surface area contributed by atoms with E-state index in [4.69, 9.17) is 0 Å². The predicted octanol–water partition coefficient (Wildman–Crippen LogP) is 2.96. The Bertz CT molecular complexity index is 470. The quantitative estimate of drug-likeness (QED) is 0.909. The van der Waals surface area contributed by atoms with E-state index >= 15 is 0 Å². The van der Waals surface area contributed by atoms with Gasteiger partial charge in [0.05, 0.1) is 11.5 Å². The summed E-state index contributed by atoms with van der Waals surface area (Å²) < 4.78 is 39.9. The molecular formula is C13H14ClF3N2. The third-order valence-corrected chi connectivity index (χ3v) is 3.42. The molecule has 1 fully saturated rings. The summed E-state index contributed by atoms with van der Waals surface area (Å²) in [6, 6.07) is 3.48. The van der Waals surface area contributed by atoms with E-state index in [1.807, 2.05) is 0 Å². The topological polar surface area (TPSA) is 35.8 Å². The summed E-state index contributed by atoms with van der Waals surface area (Å²) in [6.45, 7) is 1.30. The first kappa shape index (κ1) is 15.8. The number of hydrogen-bond donors (Lipinski definition) is 1. The van der Waals surface area contributed by atoms with Crippen LogP contribution >= 0.6 is 12.4 Å². The second kappa shape index (κ2) is 6.27. The molecule has 2 nitrogen and oxygen atoms in total. The normalized spacial score (nSPS) is 17.4. The fraction of sp³-hybridized carbons (Fsp3) is 0.462. The van der Waals surface area contributed by atoms with Gasteiger partial charge in [-0.25, -0.2) is 13.2 Å². The Hall–Kier alpha value is -1.25. The fourth-order valence-electron chi connectivity index (χ4n) is 2.31. The van der Waals surface area contributed by atoms with E-state index in [-0.39, 0.29) is 24.4 Å². The summed E-state index contributed by atoms with van der Waals surface area (Å²) in [7, 11) is 0. The zero-order chi connectivity index (χ0) is 13.2. The lowest BCUT2D eigenvalue weighted by Gasteiger charge is -2.31. The van der Waals surface area contributed by atoms with E-state index in [0.717, 1.165) is 0 Å². The molecule has 104 valence electrons. The summed E-state index contributed by atoms with van der Waals surface area (Å²) in [5.41, 5.74) is -0.954. The van der Waals surface area contributed by atoms with E-state index in [9.17, 15) is 18.4 Å². The number of rotatable bonds is 2. The Morgan fingerprint density at radius 1 is 1.16 bits per heavy atom. The van der Waals surface area contributed by atoms with Gasteiger partial charge in [-0.3, -0.25) is 0 Å². The van der Waals surface area contributed by atoms with Crippen molar-refractivity contribution < 1.29 is 13.2 Å². The second-order valence-electron chi connectivity index (χ2n) is 4.67. The number of benzene rings is 1. The van der Waals surface area contributed by atoms with Crippen molar-refractivity contribution in [3.63, 3.8) is 0 Å². The van der Waals surface area contributed by atoms with Gasteiger partial charge < -0.3 is 5.32 Å². The number of nitriles is 1. The van der Waals surface area contributed by atoms with Gasteiger partial charge in [-0.2, -0.15) is 5.26 Å². The third kappa shape index (κ3) is 3.40. The van der Waals surface area contributed by atoms with Crippen LogP contribution in [0.1, 0.15) is 18.4 Å². The fourth-order valence-corrected chi connectivity index (χ4v) is 2.31. The number of nitrogens with one attached hydrogen (secondary N) is 1. The molecule has 0 saturated carbocycles. The Morgan fingerprint density at radius 2 is 1.68 bits per heavy atom. The number of nitrogens with zero attached hydrogens (tertiary/aromatic N) is 1. The van der Waals surface area contributed by atoms with Crippen LogP contribution in [-0.4, -0.2) is 13.1 Å². The van der Waals surface area contributed by atoms with E-state index in [1.54, 1.807) is 0 Å². The highest BCUT2D eigenvalue weighted by molar-refractivity contribution is 5.85. The molecule has 0 aliphatic carbocycles. The standard InChI is InChI=1S/C13H13F3N2.ClH/c14-9-5-11(15)10(12(16)6-9)7-13(8-17)1-3-18-4-2-13;/h5-6,18H,1-4,7H2;1H. The van der Waals surface area contributed by atoms with E-state index in [2.05, 4.69) is 11.4 Å². The zero-order valence-electron chi connectivity index (χ0n) is 10.2. The summed E-state index contributed by atoms with van der Waals surface area (Å²) in [5.74, 6) is -2.77. The van der Waals surface area contributed by atoms with Gasteiger partial charge in [-0.05, 0) is 32.4 Å². The molecule has 0 aromatic heterocycles. The molecule has 0 amide bonds. The minimum atomic E-state index is -0.940. The molecule has 1 aromatic carbocycles. The highest BCUT2D eigenvalue weighted by atomic mass is 35.5. The van der Waals surface area contributed by atoms with Crippen LogP contribution in [0.5, 0.6) is 0 Å². The van der Waals surface area contributed by atoms with E-state index in [1.165, 1.54) is 0 Å². The van der Waals surface area contributed by atoms with Crippen LogP contribution in [0.4, 0.5) is 13.2 Å². The Labute approximate surface area is 116 Å². The van der Waals surface area contributed by atoms with Crippen molar-refractivity contribution in [1.29, 1.82) is 5.26 Å². The maximum absolute atomic E-state index is 13.6. The van der Waals surface area contributed by atoms with Crippen LogP contribution in [0, 0.1) is 34.2 Å². The van der Waals surface area contributed by atoms with Crippen LogP contribution in [0.2, 0.25) is 0 Å². The summed E-state index contributed by atoms with van der Waals surface area (Å²) in [5, 5.41) is 12.3. The van der Waals surface area contributed by atoms with Crippen molar-refractivity contribution in [2.75, 3.05) is 13.1 Å². The molecule has 1 aliphatic heterocycles. The van der Waals surface area contributed by atoms with Gasteiger partial charge in [0, 0.05) is 17.7 Å². The molecule has 0 radical (unpaired) electrons. The smallest absolute Gasteiger partial charge is 0.132 e. The van der Waals surface area contributed by atoms with Crippen LogP contribution in [0.15, 0.2) is 12.1 Å². The Kier molecular flexibility index (Phi) is 5.21. The van der Waals surface area contributed by atoms with Gasteiger partial charge >= 0.3 is 0 Å². The van der Waals surface area contributed by atoms with Crippen molar-refractivity contribution in [2.24, 2.45) is 5.41 Å². The zero-order valence-corrected chi connectivity index (χ0v) is 11.0. The molecule has 0 unspecified atom stereocenters. The van der Waals surface area contributed by atoms with Gasteiger partial charge in [-0.1, -0.05) is 0 Å². The minimum Gasteiger partial charge on any atom is -0.317 e. The first-order chi connectivity index (χ1) is 8.56. The Morgan fingerprint density at radius 3 is 2.16 bits per heavy atom. The average Bonchev–Trinajstić information content (AvgIpc) is 2.35. The number of piperidine rings is 1. The second-order valence-corrected chi connectivity index (χ2v) is 4.67. The van der Waals surface area contributed by atoms with E-state index < -0.39 is 22.9 Å². The van der Waals surface area contributed by atoms with Crippen molar-refractivity contribution in [1.82, 2.24) is 5.32 Å². The summed E-state index contributed by atoms with van der Waals surface area (Å²) in [4.78, 5) is 0. The Balaban J connectivity index is 0.00000180. The summed E-state index contributed by atoms with van der Waals surface area (Å²) >= 11 is 0. The van der Waals surface area contributed by atoms with Gasteiger partial charge in [0.1, 0.15) is 17.5 Å². The molecule has 0 bridgehead atoms. The van der Waals surface area contributed by atoms with Gasteiger partial charge in [0.25, 0.3) is 0 Å². The number of halogens is 4. The predicted molar refractivity (Wildman–Crippen MR) is 67.4 cm³/mol. The highest BCUT2D eigenvalue weighted by Gasteiger charge is 2.34. The van der Waals surface area contributed by atoms with Crippen LogP contribution in [0.25, 0.3) is 0 Å². The largest absolute Gasteiger partial charge is 0.317 e. The molecule has 1 saturated heterocycles. The lowest BCUT2D eigenvalue weighted by molar-refractivity contribution is 0.274. The molecule has 19 heavy (non-hydrogen) atoms.